The Hall–Kier alpha value is -3.51. The molecule has 0 fully saturated rings. The number of fused-ring (bicyclic) bond motifs is 1. The van der Waals surface area contributed by atoms with Crippen LogP contribution in [-0.4, -0.2) is 22.5 Å². The van der Waals surface area contributed by atoms with Crippen LogP contribution < -0.4 is 4.90 Å². The summed E-state index contributed by atoms with van der Waals surface area (Å²) in [6, 6.07) is 23.0. The Balaban J connectivity index is 1.90. The molecule has 0 aromatic heterocycles. The van der Waals surface area contributed by atoms with Gasteiger partial charge < -0.3 is 5.11 Å². The zero-order valence-electron chi connectivity index (χ0n) is 15.9. The number of aliphatic hydroxyl groups is 1. The van der Waals surface area contributed by atoms with E-state index in [1.165, 1.54) is 4.90 Å². The predicted molar refractivity (Wildman–Crippen MR) is 110 cm³/mol. The van der Waals surface area contributed by atoms with Crippen molar-refractivity contribution in [2.24, 2.45) is 0 Å². The highest BCUT2D eigenvalue weighted by Crippen LogP contribution is 2.50. The van der Waals surface area contributed by atoms with Gasteiger partial charge in [0.2, 0.25) is 6.54 Å². The molecule has 1 amide bonds. The van der Waals surface area contributed by atoms with E-state index in [1.807, 2.05) is 19.1 Å². The van der Waals surface area contributed by atoms with Crippen LogP contribution in [-0.2, 0) is 10.4 Å². The molecule has 29 heavy (non-hydrogen) atoms. The average Bonchev–Trinajstić information content (AvgIpc) is 2.96. The number of aryl methyl sites for hydroxylation is 1. The van der Waals surface area contributed by atoms with Crippen LogP contribution in [0.2, 0.25) is 0 Å². The van der Waals surface area contributed by atoms with Crippen LogP contribution in [0.3, 0.4) is 0 Å². The van der Waals surface area contributed by atoms with Crippen LogP contribution in [0.15, 0.2) is 78.9 Å². The van der Waals surface area contributed by atoms with E-state index in [0.29, 0.717) is 22.5 Å². The van der Waals surface area contributed by atoms with Crippen LogP contribution >= 0.6 is 0 Å². The normalized spacial score (nSPS) is 19.1. The number of anilines is 2. The van der Waals surface area contributed by atoms with Gasteiger partial charge in [0.05, 0.1) is 11.6 Å². The third kappa shape index (κ3) is 3.07. The summed E-state index contributed by atoms with van der Waals surface area (Å²) in [7, 11) is 0. The summed E-state index contributed by atoms with van der Waals surface area (Å²) < 4.78 is 0. The quantitative estimate of drug-likeness (QED) is 0.530. The molecule has 2 atom stereocenters. The lowest BCUT2D eigenvalue weighted by molar-refractivity contribution is -0.486. The molecule has 0 saturated heterocycles. The van der Waals surface area contributed by atoms with Gasteiger partial charge in [0.25, 0.3) is 5.91 Å². The fourth-order valence-corrected chi connectivity index (χ4v) is 3.99. The Labute approximate surface area is 168 Å². The Morgan fingerprint density at radius 2 is 1.62 bits per heavy atom. The molecule has 1 aliphatic heterocycles. The molecule has 0 saturated carbocycles. The molecule has 0 unspecified atom stereocenters. The number of hydrogen-bond acceptors (Lipinski definition) is 4. The zero-order valence-corrected chi connectivity index (χ0v) is 15.9. The lowest BCUT2D eigenvalue weighted by Gasteiger charge is -2.30. The van der Waals surface area contributed by atoms with Crippen LogP contribution in [0, 0.1) is 17.0 Å². The molecule has 1 aliphatic rings. The maximum atomic E-state index is 13.6. The van der Waals surface area contributed by atoms with Crippen LogP contribution in [0.4, 0.5) is 11.4 Å². The Morgan fingerprint density at radius 1 is 1.00 bits per heavy atom. The second-order valence-corrected chi connectivity index (χ2v) is 7.24. The highest BCUT2D eigenvalue weighted by Gasteiger charge is 2.57. The Kier molecular flexibility index (Phi) is 4.64. The summed E-state index contributed by atoms with van der Waals surface area (Å²) in [6.07, 6.45) is 0. The first kappa shape index (κ1) is 18.8. The van der Waals surface area contributed by atoms with E-state index < -0.39 is 28.9 Å². The first-order chi connectivity index (χ1) is 13.9. The van der Waals surface area contributed by atoms with E-state index in [4.69, 9.17) is 0 Å². The number of amides is 1. The van der Waals surface area contributed by atoms with Crippen molar-refractivity contribution in [1.29, 1.82) is 0 Å². The molecule has 1 heterocycles. The number of para-hydroxylation sites is 1. The maximum absolute atomic E-state index is 13.6. The molecule has 0 radical (unpaired) electrons. The Morgan fingerprint density at radius 3 is 2.28 bits per heavy atom. The van der Waals surface area contributed by atoms with E-state index in [0.717, 1.165) is 5.56 Å². The van der Waals surface area contributed by atoms with Crippen molar-refractivity contribution in [1.82, 2.24) is 0 Å². The fraction of sp³-hybridized carbons (Fsp3) is 0.174. The standard InChI is InChI=1S/C23H20N2O4/c1-16-11-13-18(14-12-16)25-21-10-6-5-9-19(21)23(27,22(25)26)20(15-24(28)29)17-7-3-2-4-8-17/h2-14,20,27H,15H2,1H3/t20-,23+/m1/s1. The van der Waals surface area contributed by atoms with Gasteiger partial charge in [-0.1, -0.05) is 66.2 Å². The molecule has 0 bridgehead atoms. The van der Waals surface area contributed by atoms with Crippen molar-refractivity contribution < 1.29 is 14.8 Å². The minimum Gasteiger partial charge on any atom is -0.375 e. The summed E-state index contributed by atoms with van der Waals surface area (Å²) in [5, 5.41) is 23.2. The van der Waals surface area contributed by atoms with Crippen molar-refractivity contribution >= 4 is 17.3 Å². The first-order valence-corrected chi connectivity index (χ1v) is 9.32. The molecule has 0 aliphatic carbocycles. The second kappa shape index (κ2) is 7.14. The fourth-order valence-electron chi connectivity index (χ4n) is 3.99. The molecule has 3 aromatic carbocycles. The van der Waals surface area contributed by atoms with Gasteiger partial charge in [-0.2, -0.15) is 0 Å². The molecule has 4 rings (SSSR count). The van der Waals surface area contributed by atoms with Crippen molar-refractivity contribution in [2.45, 2.75) is 18.4 Å². The molecule has 3 aromatic rings. The lowest BCUT2D eigenvalue weighted by Crippen LogP contribution is -2.45. The van der Waals surface area contributed by atoms with Crippen LogP contribution in [0.25, 0.3) is 0 Å². The van der Waals surface area contributed by atoms with Gasteiger partial charge in [0, 0.05) is 16.2 Å². The Bertz CT molecular complexity index is 1070. The predicted octanol–water partition coefficient (Wildman–Crippen LogP) is 3.92. The number of nitro groups is 1. The van der Waals surface area contributed by atoms with E-state index in [2.05, 4.69) is 0 Å². The molecule has 1 N–H and O–H groups in total. The number of nitrogens with zero attached hydrogens (tertiary/aromatic N) is 2. The molecule has 0 spiro atoms. The van der Waals surface area contributed by atoms with Crippen LogP contribution in [0.5, 0.6) is 0 Å². The van der Waals surface area contributed by atoms with Crippen molar-refractivity contribution in [3.8, 4) is 0 Å². The van der Waals surface area contributed by atoms with E-state index in [9.17, 15) is 20.0 Å². The van der Waals surface area contributed by atoms with E-state index >= 15 is 0 Å². The second-order valence-electron chi connectivity index (χ2n) is 7.24. The van der Waals surface area contributed by atoms with Gasteiger partial charge in [-0.15, -0.1) is 0 Å². The van der Waals surface area contributed by atoms with Gasteiger partial charge in [-0.05, 0) is 30.7 Å². The third-order valence-electron chi connectivity index (χ3n) is 5.41. The first-order valence-electron chi connectivity index (χ1n) is 9.32. The number of carbonyl (C=O) groups is 1. The number of rotatable bonds is 5. The highest BCUT2D eigenvalue weighted by molar-refractivity contribution is 6.12. The molecule has 6 heteroatoms. The highest BCUT2D eigenvalue weighted by atomic mass is 16.6. The van der Waals surface area contributed by atoms with Gasteiger partial charge >= 0.3 is 0 Å². The largest absolute Gasteiger partial charge is 0.375 e. The summed E-state index contributed by atoms with van der Waals surface area (Å²) in [5.41, 5.74) is 1.06. The molecular weight excluding hydrogens is 368 g/mol. The topological polar surface area (TPSA) is 83.7 Å². The van der Waals surface area contributed by atoms with Crippen molar-refractivity contribution in [3.05, 3.63) is 106 Å². The smallest absolute Gasteiger partial charge is 0.269 e. The summed E-state index contributed by atoms with van der Waals surface area (Å²) in [5.74, 6) is -1.61. The molecule has 146 valence electrons. The summed E-state index contributed by atoms with van der Waals surface area (Å²) in [6.45, 7) is 1.38. The van der Waals surface area contributed by atoms with Crippen LogP contribution in [0.1, 0.15) is 22.6 Å². The van der Waals surface area contributed by atoms with Crippen molar-refractivity contribution in [3.63, 3.8) is 0 Å². The monoisotopic (exact) mass is 388 g/mol. The SMILES string of the molecule is Cc1ccc(N2C(=O)[C@@](O)([C@H](C[N+](=O)[O-])c3ccccc3)c3ccccc32)cc1. The van der Waals surface area contributed by atoms with E-state index in [1.54, 1.807) is 66.7 Å². The van der Waals surface area contributed by atoms with Crippen molar-refractivity contribution in [2.75, 3.05) is 11.4 Å². The average molecular weight is 388 g/mol. The number of hydrogen-bond donors (Lipinski definition) is 1. The number of benzene rings is 3. The third-order valence-corrected chi connectivity index (χ3v) is 5.41. The molecular formula is C23H20N2O4. The summed E-state index contributed by atoms with van der Waals surface area (Å²) >= 11 is 0. The maximum Gasteiger partial charge on any atom is 0.269 e. The molecule has 6 nitrogen and oxygen atoms in total. The summed E-state index contributed by atoms with van der Waals surface area (Å²) in [4.78, 5) is 26.0. The van der Waals surface area contributed by atoms with Gasteiger partial charge in [0.15, 0.2) is 5.60 Å². The minimum absolute atomic E-state index is 0.376. The van der Waals surface area contributed by atoms with Gasteiger partial charge in [0.1, 0.15) is 0 Å². The zero-order chi connectivity index (χ0) is 20.6. The minimum atomic E-state index is -2.05. The van der Waals surface area contributed by atoms with Gasteiger partial charge in [-0.3, -0.25) is 19.8 Å². The number of carbonyl (C=O) groups excluding carboxylic acids is 1. The van der Waals surface area contributed by atoms with E-state index in [-0.39, 0.29) is 0 Å². The van der Waals surface area contributed by atoms with Gasteiger partial charge in [-0.25, -0.2) is 0 Å². The lowest BCUT2D eigenvalue weighted by atomic mass is 9.78.